The number of nitrogen functional groups attached to an aromatic ring is 1. The van der Waals surface area contributed by atoms with Crippen LogP contribution in [0.3, 0.4) is 0 Å². The Kier molecular flexibility index (Phi) is 4.15. The van der Waals surface area contributed by atoms with E-state index in [-0.39, 0.29) is 5.78 Å². The number of hydrogen-bond acceptors (Lipinski definition) is 4. The molecule has 0 amide bonds. The van der Waals surface area contributed by atoms with Crippen molar-refractivity contribution in [2.75, 3.05) is 20.0 Å². The highest BCUT2D eigenvalue weighted by Gasteiger charge is 2.17. The number of halogens is 1. The monoisotopic (exact) mass is 291 g/mol. The van der Waals surface area contributed by atoms with E-state index in [1.807, 2.05) is 0 Å². The van der Waals surface area contributed by atoms with Crippen LogP contribution in [0.15, 0.2) is 36.4 Å². The van der Waals surface area contributed by atoms with E-state index in [0.717, 1.165) is 0 Å². The average molecular weight is 292 g/mol. The van der Waals surface area contributed by atoms with Gasteiger partial charge in [-0.2, -0.15) is 0 Å². The molecule has 0 bridgehead atoms. The Labute approximate surface area is 122 Å². The zero-order chi connectivity index (χ0) is 14.7. The zero-order valence-electron chi connectivity index (χ0n) is 11.1. The Morgan fingerprint density at radius 3 is 2.20 bits per heavy atom. The van der Waals surface area contributed by atoms with Crippen LogP contribution in [0.1, 0.15) is 15.9 Å². The molecule has 0 saturated carbocycles. The number of methoxy groups -OCH3 is 2. The molecule has 2 aromatic carbocycles. The second kappa shape index (κ2) is 5.84. The Balaban J connectivity index is 2.48. The normalized spacial score (nSPS) is 10.2. The lowest BCUT2D eigenvalue weighted by Gasteiger charge is -2.11. The molecular weight excluding hydrogens is 278 g/mol. The summed E-state index contributed by atoms with van der Waals surface area (Å²) in [6.45, 7) is 0. The van der Waals surface area contributed by atoms with Crippen molar-refractivity contribution >= 4 is 23.1 Å². The van der Waals surface area contributed by atoms with Gasteiger partial charge in [0.05, 0.1) is 24.8 Å². The number of nitrogens with two attached hydrogens (primary N) is 1. The SMILES string of the molecule is COc1cc(OC)c(C(=O)c2ccc(N)cc2)cc1Cl. The van der Waals surface area contributed by atoms with Crippen LogP contribution in [0.4, 0.5) is 5.69 Å². The van der Waals surface area contributed by atoms with Crippen LogP contribution in [-0.2, 0) is 0 Å². The number of carbonyl (C=O) groups is 1. The van der Waals surface area contributed by atoms with Crippen LogP contribution in [0.25, 0.3) is 0 Å². The first-order chi connectivity index (χ1) is 9.56. The first-order valence-corrected chi connectivity index (χ1v) is 6.26. The number of rotatable bonds is 4. The molecule has 0 heterocycles. The highest BCUT2D eigenvalue weighted by molar-refractivity contribution is 6.32. The molecule has 0 spiro atoms. The van der Waals surface area contributed by atoms with Gasteiger partial charge in [0.1, 0.15) is 11.5 Å². The maximum Gasteiger partial charge on any atom is 0.196 e. The third-order valence-corrected chi connectivity index (χ3v) is 3.19. The van der Waals surface area contributed by atoms with E-state index in [2.05, 4.69) is 0 Å². The Morgan fingerprint density at radius 1 is 1.05 bits per heavy atom. The summed E-state index contributed by atoms with van der Waals surface area (Å²) in [4.78, 5) is 12.5. The van der Waals surface area contributed by atoms with Gasteiger partial charge in [0.25, 0.3) is 0 Å². The van der Waals surface area contributed by atoms with Crippen molar-refractivity contribution in [3.63, 3.8) is 0 Å². The minimum absolute atomic E-state index is 0.189. The van der Waals surface area contributed by atoms with Gasteiger partial charge in [0.15, 0.2) is 5.78 Å². The number of benzene rings is 2. The fourth-order valence-electron chi connectivity index (χ4n) is 1.83. The maximum atomic E-state index is 12.5. The van der Waals surface area contributed by atoms with Crippen LogP contribution in [0.2, 0.25) is 5.02 Å². The van der Waals surface area contributed by atoms with Crippen LogP contribution < -0.4 is 15.2 Å². The van der Waals surface area contributed by atoms with Gasteiger partial charge in [-0.25, -0.2) is 0 Å². The molecule has 0 aliphatic rings. The molecule has 0 unspecified atom stereocenters. The number of hydrogen-bond donors (Lipinski definition) is 1. The second-order valence-electron chi connectivity index (χ2n) is 4.14. The molecule has 0 fully saturated rings. The van der Waals surface area contributed by atoms with Gasteiger partial charge in [-0.3, -0.25) is 4.79 Å². The van der Waals surface area contributed by atoms with Crippen molar-refractivity contribution in [1.82, 2.24) is 0 Å². The lowest BCUT2D eigenvalue weighted by Crippen LogP contribution is -2.05. The van der Waals surface area contributed by atoms with E-state index in [1.54, 1.807) is 30.3 Å². The van der Waals surface area contributed by atoms with Gasteiger partial charge < -0.3 is 15.2 Å². The molecule has 2 aromatic rings. The molecule has 0 aliphatic heterocycles. The molecule has 4 nitrogen and oxygen atoms in total. The fraction of sp³-hybridized carbons (Fsp3) is 0.133. The van der Waals surface area contributed by atoms with Crippen molar-refractivity contribution in [2.24, 2.45) is 0 Å². The molecule has 0 aliphatic carbocycles. The summed E-state index contributed by atoms with van der Waals surface area (Å²) in [6.07, 6.45) is 0. The molecule has 0 radical (unpaired) electrons. The van der Waals surface area contributed by atoms with Gasteiger partial charge in [-0.05, 0) is 30.3 Å². The maximum absolute atomic E-state index is 12.5. The summed E-state index contributed by atoms with van der Waals surface area (Å²) in [7, 11) is 2.99. The molecule has 0 atom stereocenters. The number of ether oxygens (including phenoxy) is 2. The van der Waals surface area contributed by atoms with Crippen LogP contribution in [0, 0.1) is 0 Å². The number of carbonyl (C=O) groups excluding carboxylic acids is 1. The Hall–Kier alpha value is -2.20. The first-order valence-electron chi connectivity index (χ1n) is 5.88. The quantitative estimate of drug-likeness (QED) is 0.694. The van der Waals surface area contributed by atoms with Gasteiger partial charge in [0, 0.05) is 17.3 Å². The lowest BCUT2D eigenvalue weighted by atomic mass is 10.0. The fourth-order valence-corrected chi connectivity index (χ4v) is 2.07. The van der Waals surface area contributed by atoms with E-state index in [4.69, 9.17) is 26.8 Å². The van der Waals surface area contributed by atoms with E-state index < -0.39 is 0 Å². The van der Waals surface area contributed by atoms with Crippen molar-refractivity contribution in [3.05, 3.63) is 52.5 Å². The largest absolute Gasteiger partial charge is 0.496 e. The summed E-state index contributed by atoms with van der Waals surface area (Å²) in [6, 6.07) is 9.80. The highest BCUT2D eigenvalue weighted by Crippen LogP contribution is 2.33. The first kappa shape index (κ1) is 14.2. The molecule has 20 heavy (non-hydrogen) atoms. The lowest BCUT2D eigenvalue weighted by molar-refractivity contribution is 0.103. The summed E-state index contributed by atoms with van der Waals surface area (Å²) in [5, 5.41) is 0.354. The van der Waals surface area contributed by atoms with E-state index in [9.17, 15) is 4.79 Å². The predicted molar refractivity (Wildman–Crippen MR) is 78.8 cm³/mol. The summed E-state index contributed by atoms with van der Waals surface area (Å²) >= 11 is 6.06. The average Bonchev–Trinajstić information content (AvgIpc) is 2.47. The summed E-state index contributed by atoms with van der Waals surface area (Å²) in [5.41, 5.74) is 7.10. The van der Waals surface area contributed by atoms with Gasteiger partial charge in [-0.1, -0.05) is 11.6 Å². The topological polar surface area (TPSA) is 61.5 Å². The minimum Gasteiger partial charge on any atom is -0.496 e. The Bertz CT molecular complexity index is 638. The number of ketones is 1. The van der Waals surface area contributed by atoms with Gasteiger partial charge >= 0.3 is 0 Å². The molecule has 0 saturated heterocycles. The summed E-state index contributed by atoms with van der Waals surface area (Å²) in [5.74, 6) is 0.678. The molecule has 104 valence electrons. The third-order valence-electron chi connectivity index (χ3n) is 2.89. The highest BCUT2D eigenvalue weighted by atomic mass is 35.5. The van der Waals surface area contributed by atoms with E-state index >= 15 is 0 Å². The molecule has 0 aromatic heterocycles. The standard InChI is InChI=1S/C15H14ClNO3/c1-19-13-8-14(20-2)12(16)7-11(13)15(18)9-3-5-10(17)6-4-9/h3-8H,17H2,1-2H3. The Morgan fingerprint density at radius 2 is 1.65 bits per heavy atom. The van der Waals surface area contributed by atoms with Crippen LogP contribution >= 0.6 is 11.6 Å². The van der Waals surface area contributed by atoms with Crippen LogP contribution in [-0.4, -0.2) is 20.0 Å². The summed E-state index contributed by atoms with van der Waals surface area (Å²) < 4.78 is 10.3. The smallest absolute Gasteiger partial charge is 0.196 e. The molecule has 5 heteroatoms. The molecular formula is C15H14ClNO3. The van der Waals surface area contributed by atoms with Crippen LogP contribution in [0.5, 0.6) is 11.5 Å². The zero-order valence-corrected chi connectivity index (χ0v) is 11.9. The van der Waals surface area contributed by atoms with E-state index in [1.165, 1.54) is 20.3 Å². The predicted octanol–water partition coefficient (Wildman–Crippen LogP) is 3.17. The van der Waals surface area contributed by atoms with Crippen molar-refractivity contribution in [1.29, 1.82) is 0 Å². The van der Waals surface area contributed by atoms with Crippen molar-refractivity contribution in [2.45, 2.75) is 0 Å². The number of anilines is 1. The minimum atomic E-state index is -0.189. The second-order valence-corrected chi connectivity index (χ2v) is 4.55. The van der Waals surface area contributed by atoms with Crippen molar-refractivity contribution in [3.8, 4) is 11.5 Å². The van der Waals surface area contributed by atoms with Gasteiger partial charge in [0.2, 0.25) is 0 Å². The third kappa shape index (κ3) is 2.70. The molecule has 2 rings (SSSR count). The van der Waals surface area contributed by atoms with Gasteiger partial charge in [-0.15, -0.1) is 0 Å². The molecule has 2 N–H and O–H groups in total. The van der Waals surface area contributed by atoms with E-state index in [0.29, 0.717) is 33.3 Å². The van der Waals surface area contributed by atoms with Crippen molar-refractivity contribution < 1.29 is 14.3 Å².